The fraction of sp³-hybridized carbons (Fsp3) is 1.00. The number of hydrogen-bond acceptors (Lipinski definition) is 0. The van der Waals surface area contributed by atoms with Crippen molar-refractivity contribution in [3.8, 4) is 0 Å². The van der Waals surface area contributed by atoms with E-state index in [1.54, 1.807) is 0 Å². The van der Waals surface area contributed by atoms with Crippen molar-refractivity contribution in [2.75, 3.05) is 0 Å². The molecule has 0 aliphatic heterocycles. The van der Waals surface area contributed by atoms with E-state index in [-0.39, 0.29) is 44.6 Å². The SMILES string of the molecule is C.C.C.C.C.C.CC.CC.CC.CC.CCC.CCC. The Morgan fingerprint density at radius 1 is 0.300 bits per heavy atom. The van der Waals surface area contributed by atoms with E-state index in [2.05, 4.69) is 27.7 Å². The van der Waals surface area contributed by atoms with Crippen LogP contribution in [0.25, 0.3) is 0 Å². The highest BCUT2D eigenvalue weighted by molar-refractivity contribution is 3.92. The van der Waals surface area contributed by atoms with Crippen molar-refractivity contribution in [1.82, 2.24) is 0 Å². The molecule has 0 nitrogen and oxygen atoms in total. The third kappa shape index (κ3) is 0. The Morgan fingerprint density at radius 2 is 0.300 bits per heavy atom. The molecule has 0 rings (SSSR count). The van der Waals surface area contributed by atoms with E-state index in [0.29, 0.717) is 0 Å². The lowest BCUT2D eigenvalue weighted by Crippen LogP contribution is -1.27. The first-order chi connectivity index (χ1) is 6.83. The maximum atomic E-state index is 2.12. The van der Waals surface area contributed by atoms with Gasteiger partial charge in [-0.1, -0.05) is 140 Å². The molecule has 0 bridgehead atoms. The van der Waals surface area contributed by atoms with Crippen LogP contribution in [0, 0.1) is 0 Å². The van der Waals surface area contributed by atoms with Crippen LogP contribution in [0.1, 0.15) is 140 Å². The van der Waals surface area contributed by atoms with Gasteiger partial charge < -0.3 is 0 Å². The van der Waals surface area contributed by atoms with Gasteiger partial charge in [-0.3, -0.25) is 0 Å². The van der Waals surface area contributed by atoms with E-state index in [1.807, 2.05) is 55.4 Å². The lowest BCUT2D eigenvalue weighted by Gasteiger charge is -1.48. The summed E-state index contributed by atoms with van der Waals surface area (Å²) in [5.41, 5.74) is 0. The molecule has 144 valence electrons. The van der Waals surface area contributed by atoms with E-state index in [1.165, 1.54) is 12.8 Å². The highest BCUT2D eigenvalue weighted by Crippen LogP contribution is 1.56. The van der Waals surface area contributed by atoms with Gasteiger partial charge in [-0.25, -0.2) is 0 Å². The van der Waals surface area contributed by atoms with Crippen LogP contribution in [0.5, 0.6) is 0 Å². The largest absolute Gasteiger partial charge is 0.0776 e. The van der Waals surface area contributed by atoms with E-state index in [4.69, 9.17) is 0 Å². The fourth-order valence-corrected chi connectivity index (χ4v) is 0. The Morgan fingerprint density at radius 3 is 0.300 bits per heavy atom. The van der Waals surface area contributed by atoms with E-state index in [9.17, 15) is 0 Å². The Balaban J connectivity index is -0.00000000366. The van der Waals surface area contributed by atoms with Gasteiger partial charge in [-0.15, -0.1) is 0 Å². The third-order valence-electron chi connectivity index (χ3n) is 0. The molecule has 0 heterocycles. The first-order valence-corrected chi connectivity index (χ1v) is 6.83. The van der Waals surface area contributed by atoms with E-state index < -0.39 is 0 Å². The first kappa shape index (κ1) is 113. The molecule has 0 aromatic carbocycles. The predicted molar refractivity (Wildman–Crippen MR) is 118 cm³/mol. The summed E-state index contributed by atoms with van der Waals surface area (Å²) in [7, 11) is 0. The van der Waals surface area contributed by atoms with Crippen molar-refractivity contribution in [3.05, 3.63) is 0 Å². The molecule has 0 aliphatic carbocycles. The summed E-state index contributed by atoms with van der Waals surface area (Å²) in [5, 5.41) is 0. The molecule has 0 radical (unpaired) electrons. The van der Waals surface area contributed by atoms with Crippen molar-refractivity contribution in [2.45, 2.75) is 140 Å². The van der Waals surface area contributed by atoms with Gasteiger partial charge in [-0.2, -0.15) is 0 Å². The molecule has 0 fully saturated rings. The monoisotopic (exact) mass is 305 g/mol. The van der Waals surface area contributed by atoms with Gasteiger partial charge >= 0.3 is 0 Å². The smallest absolute Gasteiger partial charge is 0.0590 e. The second-order valence-corrected chi connectivity index (χ2v) is 1.41. The maximum Gasteiger partial charge on any atom is -0.0590 e. The maximum absolute atomic E-state index is 2.12. The van der Waals surface area contributed by atoms with Gasteiger partial charge in [0.05, 0.1) is 0 Å². The van der Waals surface area contributed by atoms with Gasteiger partial charge in [0.2, 0.25) is 0 Å². The standard InChI is InChI=1S/2C3H8.4C2H6.6CH4/c2*1-3-2;4*1-2;;;;;;/h2*3H2,1-2H3;4*1-2H3;6*1H4. The average molecular weight is 305 g/mol. The summed E-state index contributed by atoms with van der Waals surface area (Å²) in [6.07, 6.45) is 2.50. The molecule has 0 saturated heterocycles. The molecule has 0 atom stereocenters. The lowest BCUT2D eigenvalue weighted by molar-refractivity contribution is 1.09. The molecule has 0 unspecified atom stereocenters. The van der Waals surface area contributed by atoms with Crippen molar-refractivity contribution >= 4 is 0 Å². The molecule has 0 N–H and O–H groups in total. The summed E-state index contributed by atoms with van der Waals surface area (Å²) in [6.45, 7) is 24.5. The van der Waals surface area contributed by atoms with Crippen molar-refractivity contribution in [3.63, 3.8) is 0 Å². The Bertz CT molecular complexity index is 2.00. The summed E-state index contributed by atoms with van der Waals surface area (Å²) >= 11 is 0. The molecule has 0 aliphatic rings. The van der Waals surface area contributed by atoms with Crippen LogP contribution in [0.4, 0.5) is 0 Å². The molecule has 0 heteroatoms. The van der Waals surface area contributed by atoms with Crippen LogP contribution < -0.4 is 0 Å². The zero-order valence-electron chi connectivity index (χ0n) is 13.4. The van der Waals surface area contributed by atoms with Crippen LogP contribution in [-0.2, 0) is 0 Å². The summed E-state index contributed by atoms with van der Waals surface area (Å²) in [6, 6.07) is 0. The molecule has 0 aromatic heterocycles. The van der Waals surface area contributed by atoms with Crippen LogP contribution >= 0.6 is 0 Å². The van der Waals surface area contributed by atoms with E-state index >= 15 is 0 Å². The fourth-order valence-electron chi connectivity index (χ4n) is 0. The van der Waals surface area contributed by atoms with Crippen LogP contribution in [-0.4, -0.2) is 0 Å². The van der Waals surface area contributed by atoms with Crippen LogP contribution in [0.15, 0.2) is 0 Å². The molecular formula is C20H64. The van der Waals surface area contributed by atoms with Gasteiger partial charge in [0.15, 0.2) is 0 Å². The zero-order valence-corrected chi connectivity index (χ0v) is 13.4. The number of rotatable bonds is 0. The molecule has 0 spiro atoms. The zero-order chi connectivity index (χ0) is 13.4. The second kappa shape index (κ2) is 1540. The molecule has 0 amide bonds. The minimum absolute atomic E-state index is 0. The predicted octanol–water partition coefficient (Wildman–Crippen LogP) is 10.8. The minimum atomic E-state index is 0. The van der Waals surface area contributed by atoms with E-state index in [0.717, 1.165) is 0 Å². The molecule has 0 aromatic rings. The molecule has 20 heavy (non-hydrogen) atoms. The molecular weight excluding hydrogens is 240 g/mol. The second-order valence-electron chi connectivity index (χ2n) is 1.41. The average Bonchev–Trinajstić information content (AvgIpc) is 2.31. The Hall–Kier alpha value is 0. The van der Waals surface area contributed by atoms with Crippen LogP contribution in [0.2, 0.25) is 0 Å². The lowest BCUT2D eigenvalue weighted by atomic mass is 10.6. The molecule has 0 saturated carbocycles. The third-order valence-corrected chi connectivity index (χ3v) is 0. The summed E-state index contributed by atoms with van der Waals surface area (Å²) in [4.78, 5) is 0. The highest BCUT2D eigenvalue weighted by Gasteiger charge is 1.36. The van der Waals surface area contributed by atoms with Crippen LogP contribution in [0.3, 0.4) is 0 Å². The van der Waals surface area contributed by atoms with Gasteiger partial charge in [0.25, 0.3) is 0 Å². The Kier molecular flexibility index (Phi) is 8680. The van der Waals surface area contributed by atoms with Crippen molar-refractivity contribution < 1.29 is 0 Å². The topological polar surface area (TPSA) is 0 Å². The highest BCUT2D eigenvalue weighted by atomic mass is 13.4. The first-order valence-electron chi connectivity index (χ1n) is 6.83. The quantitative estimate of drug-likeness (QED) is 0.417. The minimum Gasteiger partial charge on any atom is -0.0776 e. The van der Waals surface area contributed by atoms with Crippen molar-refractivity contribution in [1.29, 1.82) is 0 Å². The summed E-state index contributed by atoms with van der Waals surface area (Å²) in [5.74, 6) is 0. The van der Waals surface area contributed by atoms with Gasteiger partial charge in [0.1, 0.15) is 0 Å². The van der Waals surface area contributed by atoms with Crippen molar-refractivity contribution in [2.24, 2.45) is 0 Å². The number of hydrogen-bond donors (Lipinski definition) is 0. The Labute approximate surface area is 141 Å². The van der Waals surface area contributed by atoms with Gasteiger partial charge in [-0.05, 0) is 0 Å². The normalized spacial score (nSPS) is 3.00. The summed E-state index contributed by atoms with van der Waals surface area (Å²) < 4.78 is 0. The van der Waals surface area contributed by atoms with Gasteiger partial charge in [0, 0.05) is 0 Å².